The van der Waals surface area contributed by atoms with Gasteiger partial charge in [-0.15, -0.1) is 0 Å². The van der Waals surface area contributed by atoms with Gasteiger partial charge in [-0.3, -0.25) is 0 Å². The molecule has 1 aromatic carbocycles. The normalized spacial score (nSPS) is 18.7. The highest BCUT2D eigenvalue weighted by molar-refractivity contribution is 5.60. The molecule has 0 spiro atoms. The Morgan fingerprint density at radius 2 is 2.24 bits per heavy atom. The number of anilines is 1. The molecule has 0 saturated carbocycles. The van der Waals surface area contributed by atoms with E-state index < -0.39 is 0 Å². The molecule has 1 heterocycles. The predicted octanol–water partition coefficient (Wildman–Crippen LogP) is 1.28. The van der Waals surface area contributed by atoms with Gasteiger partial charge in [0.25, 0.3) is 0 Å². The van der Waals surface area contributed by atoms with Crippen molar-refractivity contribution in [1.82, 2.24) is 0 Å². The topological polar surface area (TPSA) is 41.9 Å². The van der Waals surface area contributed by atoms with Crippen molar-refractivity contribution in [2.45, 2.75) is 13.0 Å². The lowest BCUT2D eigenvalue weighted by Crippen LogP contribution is -2.42. The summed E-state index contributed by atoms with van der Waals surface area (Å²) in [6, 6.07) is 8.40. The summed E-state index contributed by atoms with van der Waals surface area (Å²) < 4.78 is 11.0. The number of rotatable bonds is 5. The summed E-state index contributed by atoms with van der Waals surface area (Å²) in [7, 11) is 0. The van der Waals surface area contributed by atoms with Crippen LogP contribution in [0, 0.1) is 0 Å². The second-order valence-corrected chi connectivity index (χ2v) is 4.16. The van der Waals surface area contributed by atoms with Crippen molar-refractivity contribution in [2.24, 2.45) is 0 Å². The van der Waals surface area contributed by atoms with Gasteiger partial charge in [0.2, 0.25) is 0 Å². The van der Waals surface area contributed by atoms with Gasteiger partial charge in [0, 0.05) is 6.54 Å². The van der Waals surface area contributed by atoms with Crippen molar-refractivity contribution >= 4 is 5.69 Å². The van der Waals surface area contributed by atoms with E-state index in [9.17, 15) is 0 Å². The van der Waals surface area contributed by atoms with Crippen LogP contribution in [0.2, 0.25) is 0 Å². The molecule has 0 aromatic heterocycles. The Kier molecular flexibility index (Phi) is 4.23. The fourth-order valence-corrected chi connectivity index (χ4v) is 2.02. The van der Waals surface area contributed by atoms with Crippen molar-refractivity contribution in [3.8, 4) is 5.75 Å². The Morgan fingerprint density at radius 3 is 3.06 bits per heavy atom. The van der Waals surface area contributed by atoms with E-state index in [2.05, 4.69) is 17.9 Å². The highest BCUT2D eigenvalue weighted by Crippen LogP contribution is 2.32. The number of fused-ring (bicyclic) bond motifs is 1. The first-order valence-electron chi connectivity index (χ1n) is 6.00. The molecule has 4 heteroatoms. The molecular formula is C13H19NO3. The van der Waals surface area contributed by atoms with Crippen LogP contribution < -0.4 is 9.64 Å². The molecule has 17 heavy (non-hydrogen) atoms. The van der Waals surface area contributed by atoms with Crippen LogP contribution in [0.1, 0.15) is 6.92 Å². The maximum atomic E-state index is 8.65. The van der Waals surface area contributed by atoms with E-state index in [0.717, 1.165) is 18.0 Å². The van der Waals surface area contributed by atoms with E-state index in [-0.39, 0.29) is 6.61 Å². The van der Waals surface area contributed by atoms with Crippen LogP contribution in [-0.2, 0) is 4.74 Å². The van der Waals surface area contributed by atoms with E-state index in [4.69, 9.17) is 14.6 Å². The number of aliphatic hydroxyl groups excluding tert-OH is 1. The Balaban J connectivity index is 2.00. The molecule has 0 unspecified atom stereocenters. The summed E-state index contributed by atoms with van der Waals surface area (Å²) in [6.45, 7) is 4.77. The second kappa shape index (κ2) is 5.89. The van der Waals surface area contributed by atoms with Crippen molar-refractivity contribution in [3.63, 3.8) is 0 Å². The molecule has 0 saturated heterocycles. The van der Waals surface area contributed by atoms with Gasteiger partial charge in [0.05, 0.1) is 31.5 Å². The van der Waals surface area contributed by atoms with Crippen LogP contribution in [-0.4, -0.2) is 44.1 Å². The van der Waals surface area contributed by atoms with E-state index in [1.54, 1.807) is 0 Å². The van der Waals surface area contributed by atoms with Crippen molar-refractivity contribution in [3.05, 3.63) is 24.3 Å². The fraction of sp³-hybridized carbons (Fsp3) is 0.538. The zero-order valence-electron chi connectivity index (χ0n) is 10.1. The molecule has 2 rings (SSSR count). The third kappa shape index (κ3) is 2.90. The minimum Gasteiger partial charge on any atom is -0.489 e. The molecule has 0 bridgehead atoms. The lowest BCUT2D eigenvalue weighted by Gasteiger charge is -2.36. The fourth-order valence-electron chi connectivity index (χ4n) is 2.02. The molecule has 0 amide bonds. The van der Waals surface area contributed by atoms with Crippen molar-refractivity contribution in [1.29, 1.82) is 0 Å². The number of hydrogen-bond acceptors (Lipinski definition) is 4. The molecule has 1 aliphatic rings. The minimum atomic E-state index is 0.0786. The van der Waals surface area contributed by atoms with Crippen LogP contribution in [0.15, 0.2) is 24.3 Å². The number of para-hydroxylation sites is 2. The van der Waals surface area contributed by atoms with Crippen LogP contribution in [0.3, 0.4) is 0 Å². The van der Waals surface area contributed by atoms with Crippen molar-refractivity contribution < 1.29 is 14.6 Å². The zero-order chi connectivity index (χ0) is 12.1. The first kappa shape index (κ1) is 12.2. The largest absolute Gasteiger partial charge is 0.489 e. The van der Waals surface area contributed by atoms with Gasteiger partial charge in [0.15, 0.2) is 0 Å². The number of benzene rings is 1. The third-order valence-electron chi connectivity index (χ3n) is 2.90. The first-order valence-corrected chi connectivity index (χ1v) is 6.00. The number of aliphatic hydroxyl groups is 1. The quantitative estimate of drug-likeness (QED) is 0.783. The van der Waals surface area contributed by atoms with Crippen LogP contribution in [0.5, 0.6) is 5.75 Å². The summed E-state index contributed by atoms with van der Waals surface area (Å²) in [6.07, 6.45) is 0. The predicted molar refractivity (Wildman–Crippen MR) is 66.6 cm³/mol. The number of nitrogens with zero attached hydrogens (tertiary/aromatic N) is 1. The van der Waals surface area contributed by atoms with Crippen molar-refractivity contribution in [2.75, 3.05) is 37.9 Å². The molecule has 4 nitrogen and oxygen atoms in total. The lowest BCUT2D eigenvalue weighted by atomic mass is 10.2. The maximum absolute atomic E-state index is 8.65. The van der Waals surface area contributed by atoms with Crippen LogP contribution >= 0.6 is 0 Å². The van der Waals surface area contributed by atoms with Gasteiger partial charge in [-0.2, -0.15) is 0 Å². The van der Waals surface area contributed by atoms with E-state index in [0.29, 0.717) is 25.9 Å². The highest BCUT2D eigenvalue weighted by atomic mass is 16.5. The summed E-state index contributed by atoms with van der Waals surface area (Å²) in [5, 5.41) is 8.65. The first-order chi connectivity index (χ1) is 8.33. The zero-order valence-corrected chi connectivity index (χ0v) is 10.1. The Morgan fingerprint density at radius 1 is 1.41 bits per heavy atom. The standard InChI is InChI=1S/C13H19NO3/c1-11-10-17-13-5-3-2-4-12(13)14(11)6-8-16-9-7-15/h2-5,11,15H,6-10H2,1H3/t11-/m1/s1. The lowest BCUT2D eigenvalue weighted by molar-refractivity contribution is 0.0947. The average molecular weight is 237 g/mol. The average Bonchev–Trinajstić information content (AvgIpc) is 2.37. The molecule has 1 atom stereocenters. The Labute approximate surface area is 102 Å². The molecule has 0 aliphatic carbocycles. The molecule has 1 aromatic rings. The van der Waals surface area contributed by atoms with Gasteiger partial charge >= 0.3 is 0 Å². The monoisotopic (exact) mass is 237 g/mol. The van der Waals surface area contributed by atoms with Gasteiger partial charge in [0.1, 0.15) is 12.4 Å². The van der Waals surface area contributed by atoms with Crippen LogP contribution in [0.25, 0.3) is 0 Å². The summed E-state index contributed by atoms with van der Waals surface area (Å²) in [5.74, 6) is 0.938. The summed E-state index contributed by atoms with van der Waals surface area (Å²) in [4.78, 5) is 2.29. The van der Waals surface area contributed by atoms with Gasteiger partial charge < -0.3 is 19.5 Å². The minimum absolute atomic E-state index is 0.0786. The number of hydrogen-bond donors (Lipinski definition) is 1. The number of ether oxygens (including phenoxy) is 2. The third-order valence-corrected chi connectivity index (χ3v) is 2.90. The Bertz CT molecular complexity index is 356. The smallest absolute Gasteiger partial charge is 0.142 e. The molecule has 1 N–H and O–H groups in total. The van der Waals surface area contributed by atoms with Gasteiger partial charge in [-0.1, -0.05) is 12.1 Å². The maximum Gasteiger partial charge on any atom is 0.142 e. The molecular weight excluding hydrogens is 218 g/mol. The molecule has 0 fully saturated rings. The highest BCUT2D eigenvalue weighted by Gasteiger charge is 2.23. The van der Waals surface area contributed by atoms with Gasteiger partial charge in [-0.25, -0.2) is 0 Å². The second-order valence-electron chi connectivity index (χ2n) is 4.16. The van der Waals surface area contributed by atoms with E-state index in [1.165, 1.54) is 0 Å². The summed E-state index contributed by atoms with van der Waals surface area (Å²) >= 11 is 0. The molecule has 94 valence electrons. The molecule has 1 aliphatic heterocycles. The van der Waals surface area contributed by atoms with E-state index in [1.807, 2.05) is 18.2 Å². The Hall–Kier alpha value is -1.26. The summed E-state index contributed by atoms with van der Waals surface area (Å²) in [5.41, 5.74) is 1.12. The SMILES string of the molecule is C[C@@H]1COc2ccccc2N1CCOCCO. The molecule has 0 radical (unpaired) electrons. The van der Waals surface area contributed by atoms with Gasteiger partial charge in [-0.05, 0) is 19.1 Å². The van der Waals surface area contributed by atoms with E-state index >= 15 is 0 Å². The van der Waals surface area contributed by atoms with Crippen LogP contribution in [0.4, 0.5) is 5.69 Å².